The van der Waals surface area contributed by atoms with Crippen LogP contribution in [-0.2, 0) is 4.79 Å². The predicted molar refractivity (Wildman–Crippen MR) is 58.0 cm³/mol. The van der Waals surface area contributed by atoms with Crippen LogP contribution in [0.25, 0.3) is 0 Å². The highest BCUT2D eigenvalue weighted by Gasteiger charge is 2.41. The molecule has 0 aromatic heterocycles. The van der Waals surface area contributed by atoms with Gasteiger partial charge in [0.25, 0.3) is 0 Å². The molecule has 2 fully saturated rings. The topological polar surface area (TPSA) is 17.1 Å². The Balaban J connectivity index is 2.03. The van der Waals surface area contributed by atoms with Crippen LogP contribution in [0.2, 0.25) is 0 Å². The van der Waals surface area contributed by atoms with Gasteiger partial charge in [0.1, 0.15) is 5.78 Å². The first-order valence-electron chi connectivity index (χ1n) is 6.01. The van der Waals surface area contributed by atoms with Crippen molar-refractivity contribution < 1.29 is 4.79 Å². The normalized spacial score (nSPS) is 38.5. The summed E-state index contributed by atoms with van der Waals surface area (Å²) >= 11 is 0. The van der Waals surface area contributed by atoms with Crippen LogP contribution in [0.5, 0.6) is 0 Å². The lowest BCUT2D eigenvalue weighted by molar-refractivity contribution is -0.122. The van der Waals surface area contributed by atoms with E-state index in [2.05, 4.69) is 20.8 Å². The van der Waals surface area contributed by atoms with Crippen molar-refractivity contribution >= 4 is 5.78 Å². The van der Waals surface area contributed by atoms with E-state index in [1.54, 1.807) is 0 Å². The quantitative estimate of drug-likeness (QED) is 0.577. The molecule has 3 atom stereocenters. The molecule has 1 nitrogen and oxygen atoms in total. The second-order valence-electron chi connectivity index (χ2n) is 6.25. The van der Waals surface area contributed by atoms with Gasteiger partial charge in [-0.3, -0.25) is 4.79 Å². The fraction of sp³-hybridized carbons (Fsp3) is 0.923. The summed E-state index contributed by atoms with van der Waals surface area (Å²) in [5, 5.41) is 0. The van der Waals surface area contributed by atoms with Gasteiger partial charge >= 0.3 is 0 Å². The largest absolute Gasteiger partial charge is 0.299 e. The molecule has 3 unspecified atom stereocenters. The minimum Gasteiger partial charge on any atom is -0.299 e. The lowest BCUT2D eigenvalue weighted by atomic mass is 9.66. The highest BCUT2D eigenvalue weighted by Crippen LogP contribution is 2.47. The molecule has 0 radical (unpaired) electrons. The molecule has 0 amide bonds. The van der Waals surface area contributed by atoms with Gasteiger partial charge in [0.05, 0.1) is 0 Å². The minimum atomic E-state index is 0.441. The van der Waals surface area contributed by atoms with Crippen LogP contribution < -0.4 is 0 Å². The van der Waals surface area contributed by atoms with E-state index in [1.165, 1.54) is 25.7 Å². The van der Waals surface area contributed by atoms with E-state index in [9.17, 15) is 4.79 Å². The number of Topliss-reactive ketones (excluding diaryl/α,β-unsaturated/α-hetero) is 1. The van der Waals surface area contributed by atoms with Gasteiger partial charge in [-0.2, -0.15) is 0 Å². The predicted octanol–water partition coefficient (Wildman–Crippen LogP) is 3.43. The Hall–Kier alpha value is -0.330. The minimum absolute atomic E-state index is 0.441. The first kappa shape index (κ1) is 10.2. The number of rotatable bonds is 0. The van der Waals surface area contributed by atoms with Crippen LogP contribution in [0.1, 0.15) is 52.9 Å². The number of hydrogen-bond acceptors (Lipinski definition) is 1. The summed E-state index contributed by atoms with van der Waals surface area (Å²) in [7, 11) is 0. The molecule has 0 heterocycles. The molecule has 0 saturated heterocycles. The Morgan fingerprint density at radius 1 is 1.14 bits per heavy atom. The highest BCUT2D eigenvalue weighted by atomic mass is 16.1. The first-order chi connectivity index (χ1) is 6.48. The Morgan fingerprint density at radius 2 is 1.86 bits per heavy atom. The van der Waals surface area contributed by atoms with Gasteiger partial charge in [0.15, 0.2) is 0 Å². The second-order valence-corrected chi connectivity index (χ2v) is 6.25. The maximum atomic E-state index is 11.6. The molecule has 0 N–H and O–H groups in total. The van der Waals surface area contributed by atoms with E-state index in [0.717, 1.165) is 18.3 Å². The summed E-state index contributed by atoms with van der Waals surface area (Å²) in [5.41, 5.74) is 0.441. The van der Waals surface area contributed by atoms with E-state index in [1.807, 2.05) is 0 Å². The number of hydrogen-bond donors (Lipinski definition) is 0. The monoisotopic (exact) mass is 194 g/mol. The molecule has 14 heavy (non-hydrogen) atoms. The van der Waals surface area contributed by atoms with Gasteiger partial charge in [-0.1, -0.05) is 20.8 Å². The van der Waals surface area contributed by atoms with Crippen molar-refractivity contribution in [3.63, 3.8) is 0 Å². The molecule has 0 aromatic rings. The molecule has 2 aliphatic carbocycles. The summed E-state index contributed by atoms with van der Waals surface area (Å²) in [6.45, 7) is 7.03. The van der Waals surface area contributed by atoms with Crippen LogP contribution in [0.4, 0.5) is 0 Å². The Morgan fingerprint density at radius 3 is 2.50 bits per heavy atom. The number of carbonyl (C=O) groups is 1. The van der Waals surface area contributed by atoms with E-state index < -0.39 is 0 Å². The third-order valence-electron chi connectivity index (χ3n) is 4.38. The van der Waals surface area contributed by atoms with Crippen molar-refractivity contribution in [3.05, 3.63) is 0 Å². The molecule has 0 bridgehead atoms. The molecule has 80 valence electrons. The molecule has 0 aliphatic heterocycles. The van der Waals surface area contributed by atoms with Gasteiger partial charge in [-0.25, -0.2) is 0 Å². The third kappa shape index (κ3) is 1.74. The standard InChI is InChI=1S/C13H22O/c1-13(2,3)10-5-6-11-9(8-10)4-7-12(11)14/h9-11H,4-8H2,1-3H3. The Labute approximate surface area is 87.3 Å². The smallest absolute Gasteiger partial charge is 0.136 e. The van der Waals surface area contributed by atoms with Crippen molar-refractivity contribution in [1.29, 1.82) is 0 Å². The zero-order valence-electron chi connectivity index (χ0n) is 9.68. The van der Waals surface area contributed by atoms with Crippen LogP contribution in [0, 0.1) is 23.2 Å². The van der Waals surface area contributed by atoms with Gasteiger partial charge in [-0.05, 0) is 42.9 Å². The van der Waals surface area contributed by atoms with Crippen LogP contribution in [-0.4, -0.2) is 5.78 Å². The molecular formula is C13H22O. The van der Waals surface area contributed by atoms with E-state index >= 15 is 0 Å². The summed E-state index contributed by atoms with van der Waals surface area (Å²) in [6, 6.07) is 0. The van der Waals surface area contributed by atoms with E-state index in [-0.39, 0.29) is 0 Å². The van der Waals surface area contributed by atoms with Crippen molar-refractivity contribution in [1.82, 2.24) is 0 Å². The lowest BCUT2D eigenvalue weighted by Crippen LogP contribution is -2.31. The highest BCUT2D eigenvalue weighted by molar-refractivity contribution is 5.83. The summed E-state index contributed by atoms with van der Waals surface area (Å²) < 4.78 is 0. The van der Waals surface area contributed by atoms with Crippen LogP contribution >= 0.6 is 0 Å². The Bertz CT molecular complexity index is 236. The van der Waals surface area contributed by atoms with Crippen LogP contribution in [0.15, 0.2) is 0 Å². The zero-order valence-corrected chi connectivity index (χ0v) is 9.68. The van der Waals surface area contributed by atoms with Crippen molar-refractivity contribution in [2.45, 2.75) is 52.9 Å². The average molecular weight is 194 g/mol. The number of carbonyl (C=O) groups excluding carboxylic acids is 1. The summed E-state index contributed by atoms with van der Waals surface area (Å²) in [5.74, 6) is 2.59. The van der Waals surface area contributed by atoms with Crippen LogP contribution in [0.3, 0.4) is 0 Å². The molecule has 0 spiro atoms. The zero-order chi connectivity index (χ0) is 10.3. The molecule has 2 aliphatic rings. The summed E-state index contributed by atoms with van der Waals surface area (Å²) in [6.07, 6.45) is 5.80. The lowest BCUT2D eigenvalue weighted by Gasteiger charge is -2.38. The third-order valence-corrected chi connectivity index (χ3v) is 4.38. The molecule has 1 heteroatoms. The van der Waals surface area contributed by atoms with E-state index in [4.69, 9.17) is 0 Å². The fourth-order valence-electron chi connectivity index (χ4n) is 3.31. The first-order valence-corrected chi connectivity index (χ1v) is 6.01. The molecule has 0 aromatic carbocycles. The molecular weight excluding hydrogens is 172 g/mol. The number of fused-ring (bicyclic) bond motifs is 1. The van der Waals surface area contributed by atoms with E-state index in [0.29, 0.717) is 17.1 Å². The maximum absolute atomic E-state index is 11.6. The van der Waals surface area contributed by atoms with Gasteiger partial charge in [0, 0.05) is 12.3 Å². The van der Waals surface area contributed by atoms with Gasteiger partial charge in [0.2, 0.25) is 0 Å². The van der Waals surface area contributed by atoms with Gasteiger partial charge < -0.3 is 0 Å². The Kier molecular flexibility index (Phi) is 2.45. The average Bonchev–Trinajstić information content (AvgIpc) is 2.46. The molecule has 2 rings (SSSR count). The van der Waals surface area contributed by atoms with Crippen molar-refractivity contribution in [3.8, 4) is 0 Å². The molecule has 2 saturated carbocycles. The fourth-order valence-corrected chi connectivity index (χ4v) is 3.31. The summed E-state index contributed by atoms with van der Waals surface area (Å²) in [4.78, 5) is 11.6. The van der Waals surface area contributed by atoms with Gasteiger partial charge in [-0.15, -0.1) is 0 Å². The van der Waals surface area contributed by atoms with Crippen molar-refractivity contribution in [2.24, 2.45) is 23.2 Å². The second kappa shape index (κ2) is 3.36. The van der Waals surface area contributed by atoms with Crippen molar-refractivity contribution in [2.75, 3.05) is 0 Å². The SMILES string of the molecule is CC(C)(C)C1CCC2C(=O)CCC2C1. The maximum Gasteiger partial charge on any atom is 0.136 e. The number of ketones is 1.